The average Bonchev–Trinajstić information content (AvgIpc) is 2.94. The molecule has 0 aliphatic heterocycles. The molecule has 1 unspecified atom stereocenters. The van der Waals surface area contributed by atoms with Gasteiger partial charge in [-0.15, -0.1) is 24.0 Å². The van der Waals surface area contributed by atoms with Crippen molar-refractivity contribution in [3.63, 3.8) is 0 Å². The first kappa shape index (κ1) is 22.2. The summed E-state index contributed by atoms with van der Waals surface area (Å²) in [5.74, 6) is 2.03. The number of hydrogen-bond acceptors (Lipinski definition) is 3. The van der Waals surface area contributed by atoms with Crippen molar-refractivity contribution in [2.24, 2.45) is 4.99 Å². The fourth-order valence-corrected chi connectivity index (χ4v) is 2.16. The van der Waals surface area contributed by atoms with Crippen LogP contribution in [-0.2, 0) is 6.54 Å². The van der Waals surface area contributed by atoms with Gasteiger partial charge in [-0.25, -0.2) is 4.99 Å². The second-order valence-electron chi connectivity index (χ2n) is 6.11. The van der Waals surface area contributed by atoms with Gasteiger partial charge in [0.05, 0.1) is 5.69 Å². The molecule has 1 aromatic heterocycles. The molecular formula is C17H33IN4O. The van der Waals surface area contributed by atoms with E-state index in [-0.39, 0.29) is 24.0 Å². The predicted octanol–water partition coefficient (Wildman–Crippen LogP) is 4.44. The van der Waals surface area contributed by atoms with Crippen LogP contribution in [0.1, 0.15) is 77.7 Å². The predicted molar refractivity (Wildman–Crippen MR) is 108 cm³/mol. The molecular weight excluding hydrogens is 403 g/mol. The van der Waals surface area contributed by atoms with E-state index in [4.69, 9.17) is 4.52 Å². The van der Waals surface area contributed by atoms with Gasteiger partial charge in [-0.1, -0.05) is 45.2 Å². The standard InChI is InChI=1S/C17H32N4O.HI/c1-6-8-9-10-14(5)20-17(18-7-2)19-12-15-11-16(13(3)4)21-22-15;/h11,13-14H,6-10,12H2,1-5H3,(H2,18,19,20);1H. The van der Waals surface area contributed by atoms with Crippen molar-refractivity contribution in [1.82, 2.24) is 15.8 Å². The molecule has 1 aromatic rings. The lowest BCUT2D eigenvalue weighted by Crippen LogP contribution is -2.42. The van der Waals surface area contributed by atoms with Crippen LogP contribution >= 0.6 is 24.0 Å². The van der Waals surface area contributed by atoms with Crippen LogP contribution in [-0.4, -0.2) is 23.7 Å². The normalized spacial score (nSPS) is 12.9. The molecule has 5 nitrogen and oxygen atoms in total. The van der Waals surface area contributed by atoms with Crippen LogP contribution in [0, 0.1) is 0 Å². The maximum atomic E-state index is 5.33. The highest BCUT2D eigenvalue weighted by atomic mass is 127. The lowest BCUT2D eigenvalue weighted by atomic mass is 10.1. The minimum atomic E-state index is 0. The highest BCUT2D eigenvalue weighted by Crippen LogP contribution is 2.14. The van der Waals surface area contributed by atoms with Crippen LogP contribution in [0.4, 0.5) is 0 Å². The first-order valence-corrected chi connectivity index (χ1v) is 8.57. The fourth-order valence-electron chi connectivity index (χ4n) is 2.16. The monoisotopic (exact) mass is 436 g/mol. The molecule has 0 aliphatic carbocycles. The first-order valence-electron chi connectivity index (χ1n) is 8.57. The van der Waals surface area contributed by atoms with Crippen molar-refractivity contribution in [3.05, 3.63) is 17.5 Å². The van der Waals surface area contributed by atoms with Gasteiger partial charge in [-0.3, -0.25) is 0 Å². The third kappa shape index (κ3) is 9.17. The van der Waals surface area contributed by atoms with Crippen molar-refractivity contribution < 1.29 is 4.52 Å². The topological polar surface area (TPSA) is 62.5 Å². The molecule has 0 bridgehead atoms. The minimum Gasteiger partial charge on any atom is -0.359 e. The SMILES string of the molecule is CCCCCC(C)NC(=NCc1cc(C(C)C)no1)NCC.I. The number of halogens is 1. The quantitative estimate of drug-likeness (QED) is 0.260. The summed E-state index contributed by atoms with van der Waals surface area (Å²) in [6.45, 7) is 12.1. The van der Waals surface area contributed by atoms with Crippen molar-refractivity contribution in [2.75, 3.05) is 6.54 Å². The van der Waals surface area contributed by atoms with Crippen LogP contribution in [0.25, 0.3) is 0 Å². The van der Waals surface area contributed by atoms with Crippen LogP contribution in [0.2, 0.25) is 0 Å². The van der Waals surface area contributed by atoms with Crippen LogP contribution in [0.15, 0.2) is 15.6 Å². The van der Waals surface area contributed by atoms with Gasteiger partial charge in [-0.05, 0) is 26.2 Å². The Morgan fingerprint density at radius 1 is 1.26 bits per heavy atom. The van der Waals surface area contributed by atoms with E-state index in [0.717, 1.165) is 30.4 Å². The molecule has 0 aromatic carbocycles. The zero-order chi connectivity index (χ0) is 16.4. The molecule has 23 heavy (non-hydrogen) atoms. The summed E-state index contributed by atoms with van der Waals surface area (Å²) in [4.78, 5) is 4.59. The maximum Gasteiger partial charge on any atom is 0.191 e. The number of aromatic nitrogens is 1. The van der Waals surface area contributed by atoms with Gasteiger partial charge in [0.1, 0.15) is 6.54 Å². The van der Waals surface area contributed by atoms with E-state index in [1.54, 1.807) is 0 Å². The molecule has 0 spiro atoms. The highest BCUT2D eigenvalue weighted by molar-refractivity contribution is 14.0. The Morgan fingerprint density at radius 3 is 2.57 bits per heavy atom. The number of aliphatic imine (C=N–C) groups is 1. The molecule has 2 N–H and O–H groups in total. The number of nitrogens with one attached hydrogen (secondary N) is 2. The smallest absolute Gasteiger partial charge is 0.191 e. The Bertz CT molecular complexity index is 446. The fraction of sp³-hybridized carbons (Fsp3) is 0.765. The van der Waals surface area contributed by atoms with Gasteiger partial charge >= 0.3 is 0 Å². The van der Waals surface area contributed by atoms with E-state index >= 15 is 0 Å². The summed E-state index contributed by atoms with van der Waals surface area (Å²) < 4.78 is 5.33. The van der Waals surface area contributed by atoms with Crippen LogP contribution in [0.5, 0.6) is 0 Å². The van der Waals surface area contributed by atoms with Gasteiger partial charge < -0.3 is 15.2 Å². The molecule has 6 heteroatoms. The molecule has 134 valence electrons. The third-order valence-electron chi connectivity index (χ3n) is 3.53. The summed E-state index contributed by atoms with van der Waals surface area (Å²) in [5, 5.41) is 10.8. The zero-order valence-electron chi connectivity index (χ0n) is 15.2. The molecule has 0 amide bonds. The summed E-state index contributed by atoms with van der Waals surface area (Å²) in [5.41, 5.74) is 0.982. The molecule has 1 rings (SSSR count). The molecule has 0 fully saturated rings. The van der Waals surface area contributed by atoms with E-state index in [1.807, 2.05) is 6.07 Å². The van der Waals surface area contributed by atoms with Gasteiger partial charge in [-0.2, -0.15) is 0 Å². The van der Waals surface area contributed by atoms with Crippen molar-refractivity contribution in [3.8, 4) is 0 Å². The number of rotatable bonds is 9. The van der Waals surface area contributed by atoms with Crippen LogP contribution < -0.4 is 10.6 Å². The molecule has 0 aliphatic rings. The maximum absolute atomic E-state index is 5.33. The van der Waals surface area contributed by atoms with Gasteiger partial charge in [0.25, 0.3) is 0 Å². The van der Waals surface area contributed by atoms with Crippen molar-refractivity contribution in [1.29, 1.82) is 0 Å². The largest absolute Gasteiger partial charge is 0.359 e. The average molecular weight is 436 g/mol. The van der Waals surface area contributed by atoms with E-state index in [9.17, 15) is 0 Å². The summed E-state index contributed by atoms with van der Waals surface area (Å²) in [6, 6.07) is 2.41. The van der Waals surface area contributed by atoms with Crippen molar-refractivity contribution >= 4 is 29.9 Å². The molecule has 0 saturated carbocycles. The Kier molecular flexibility index (Phi) is 12.2. The Hall–Kier alpha value is -0.790. The summed E-state index contributed by atoms with van der Waals surface area (Å²) >= 11 is 0. The van der Waals surface area contributed by atoms with Gasteiger partial charge in [0, 0.05) is 18.7 Å². The lowest BCUT2D eigenvalue weighted by Gasteiger charge is -2.17. The van der Waals surface area contributed by atoms with Crippen molar-refractivity contribution in [2.45, 2.75) is 78.8 Å². The second-order valence-corrected chi connectivity index (χ2v) is 6.11. The number of unbranched alkanes of at least 4 members (excludes halogenated alkanes) is 2. The second kappa shape index (κ2) is 12.6. The zero-order valence-corrected chi connectivity index (χ0v) is 17.5. The Balaban J connectivity index is 0.00000484. The highest BCUT2D eigenvalue weighted by Gasteiger charge is 2.08. The number of guanidine groups is 1. The minimum absolute atomic E-state index is 0. The number of nitrogens with zero attached hydrogens (tertiary/aromatic N) is 2. The Labute approximate surface area is 158 Å². The number of hydrogen-bond donors (Lipinski definition) is 2. The Morgan fingerprint density at radius 2 is 2.00 bits per heavy atom. The van der Waals surface area contributed by atoms with E-state index in [2.05, 4.69) is 55.4 Å². The molecule has 0 saturated heterocycles. The van der Waals surface area contributed by atoms with E-state index < -0.39 is 0 Å². The van der Waals surface area contributed by atoms with Gasteiger partial charge in [0.15, 0.2) is 11.7 Å². The van der Waals surface area contributed by atoms with E-state index in [0.29, 0.717) is 18.5 Å². The third-order valence-corrected chi connectivity index (χ3v) is 3.53. The first-order chi connectivity index (χ1) is 10.6. The lowest BCUT2D eigenvalue weighted by molar-refractivity contribution is 0.376. The molecule has 1 heterocycles. The van der Waals surface area contributed by atoms with Crippen LogP contribution in [0.3, 0.4) is 0 Å². The summed E-state index contributed by atoms with van der Waals surface area (Å²) in [6.07, 6.45) is 4.96. The van der Waals surface area contributed by atoms with E-state index in [1.165, 1.54) is 19.3 Å². The summed E-state index contributed by atoms with van der Waals surface area (Å²) in [7, 11) is 0. The molecule has 0 radical (unpaired) electrons. The van der Waals surface area contributed by atoms with Gasteiger partial charge in [0.2, 0.25) is 0 Å². The molecule has 1 atom stereocenters.